The standard InChI is InChI=1S/C13H20N2O2S3/c1-5-7-18-12-14-15-13(20-12)19-8-10(6-2)17-11(16)9(3)4/h10H,3,5-8H2,1-2,4H3. The van der Waals surface area contributed by atoms with Gasteiger partial charge in [-0.2, -0.15) is 0 Å². The van der Waals surface area contributed by atoms with E-state index in [0.717, 1.165) is 27.3 Å². The van der Waals surface area contributed by atoms with Crippen LogP contribution in [0.2, 0.25) is 0 Å². The highest BCUT2D eigenvalue weighted by Crippen LogP contribution is 2.29. The summed E-state index contributed by atoms with van der Waals surface area (Å²) in [6.45, 7) is 9.39. The van der Waals surface area contributed by atoms with E-state index in [-0.39, 0.29) is 12.1 Å². The fourth-order valence-corrected chi connectivity index (χ4v) is 4.23. The lowest BCUT2D eigenvalue weighted by atomic mass is 10.3. The van der Waals surface area contributed by atoms with Crippen molar-refractivity contribution in [2.24, 2.45) is 0 Å². The van der Waals surface area contributed by atoms with E-state index in [9.17, 15) is 4.79 Å². The van der Waals surface area contributed by atoms with Crippen LogP contribution in [0.25, 0.3) is 0 Å². The maximum Gasteiger partial charge on any atom is 0.333 e. The van der Waals surface area contributed by atoms with Crippen LogP contribution < -0.4 is 0 Å². The largest absolute Gasteiger partial charge is 0.458 e. The van der Waals surface area contributed by atoms with Gasteiger partial charge in [0.05, 0.1) is 0 Å². The summed E-state index contributed by atoms with van der Waals surface area (Å²) in [6, 6.07) is 0. The van der Waals surface area contributed by atoms with Gasteiger partial charge in [-0.3, -0.25) is 0 Å². The van der Waals surface area contributed by atoms with Gasteiger partial charge in [0.1, 0.15) is 6.10 Å². The minimum absolute atomic E-state index is 0.111. The molecule has 1 aromatic rings. The lowest BCUT2D eigenvalue weighted by molar-refractivity contribution is -0.143. The molecule has 0 bridgehead atoms. The smallest absolute Gasteiger partial charge is 0.333 e. The van der Waals surface area contributed by atoms with Crippen molar-refractivity contribution in [1.29, 1.82) is 0 Å². The van der Waals surface area contributed by atoms with Crippen LogP contribution in [-0.2, 0) is 9.53 Å². The van der Waals surface area contributed by atoms with Crippen LogP contribution in [0.3, 0.4) is 0 Å². The van der Waals surface area contributed by atoms with Gasteiger partial charge in [-0.05, 0) is 19.8 Å². The normalized spacial score (nSPS) is 12.2. The van der Waals surface area contributed by atoms with Crippen molar-refractivity contribution >= 4 is 40.8 Å². The summed E-state index contributed by atoms with van der Waals surface area (Å²) in [5, 5.41) is 8.28. The first-order valence-electron chi connectivity index (χ1n) is 6.52. The predicted octanol–water partition coefficient (Wildman–Crippen LogP) is 4.03. The highest BCUT2D eigenvalue weighted by atomic mass is 32.2. The van der Waals surface area contributed by atoms with E-state index >= 15 is 0 Å². The molecule has 1 unspecified atom stereocenters. The molecule has 0 aliphatic carbocycles. The number of esters is 1. The summed E-state index contributed by atoms with van der Waals surface area (Å²) in [7, 11) is 0. The van der Waals surface area contributed by atoms with Crippen LogP contribution in [0.1, 0.15) is 33.6 Å². The Hall–Kier alpha value is -0.530. The molecule has 0 saturated heterocycles. The molecule has 0 aliphatic rings. The van der Waals surface area contributed by atoms with Crippen LogP contribution in [0.4, 0.5) is 0 Å². The Balaban J connectivity index is 2.41. The van der Waals surface area contributed by atoms with E-state index in [2.05, 4.69) is 23.7 Å². The highest BCUT2D eigenvalue weighted by Gasteiger charge is 2.15. The van der Waals surface area contributed by atoms with Crippen LogP contribution >= 0.6 is 34.9 Å². The third-order valence-electron chi connectivity index (χ3n) is 2.29. The lowest BCUT2D eigenvalue weighted by Gasteiger charge is -2.14. The van der Waals surface area contributed by atoms with Crippen LogP contribution in [-0.4, -0.2) is 33.8 Å². The third kappa shape index (κ3) is 6.28. The average molecular weight is 333 g/mol. The molecular weight excluding hydrogens is 312 g/mol. The summed E-state index contributed by atoms with van der Waals surface area (Å²) in [4.78, 5) is 11.5. The summed E-state index contributed by atoms with van der Waals surface area (Å²) in [5.41, 5.74) is 0.433. The molecule has 1 atom stereocenters. The first-order valence-corrected chi connectivity index (χ1v) is 9.31. The molecule has 112 valence electrons. The molecule has 0 amide bonds. The molecule has 7 heteroatoms. The van der Waals surface area contributed by atoms with Crippen LogP contribution in [0, 0.1) is 0 Å². The van der Waals surface area contributed by atoms with Crippen molar-refractivity contribution < 1.29 is 9.53 Å². The van der Waals surface area contributed by atoms with Gasteiger partial charge in [-0.15, -0.1) is 10.2 Å². The average Bonchev–Trinajstić information content (AvgIpc) is 2.88. The van der Waals surface area contributed by atoms with E-state index in [0.29, 0.717) is 11.3 Å². The predicted molar refractivity (Wildman–Crippen MR) is 86.6 cm³/mol. The Kier molecular flexibility index (Phi) is 8.25. The number of thioether (sulfide) groups is 2. The summed E-state index contributed by atoms with van der Waals surface area (Å²) < 4.78 is 7.27. The molecule has 1 aromatic heterocycles. The minimum atomic E-state index is -0.325. The number of nitrogens with zero attached hydrogens (tertiary/aromatic N) is 2. The number of rotatable bonds is 9. The second-order valence-electron chi connectivity index (χ2n) is 4.21. The van der Waals surface area contributed by atoms with Gasteiger partial charge in [-0.25, -0.2) is 4.79 Å². The van der Waals surface area contributed by atoms with E-state index < -0.39 is 0 Å². The third-order valence-corrected chi connectivity index (χ3v) is 5.82. The van der Waals surface area contributed by atoms with Gasteiger partial charge < -0.3 is 4.74 Å². The first kappa shape index (κ1) is 17.5. The summed E-state index contributed by atoms with van der Waals surface area (Å²) in [6.07, 6.45) is 1.80. The zero-order valence-corrected chi connectivity index (χ0v) is 14.5. The Morgan fingerprint density at radius 1 is 1.35 bits per heavy atom. The number of hydrogen-bond donors (Lipinski definition) is 0. The van der Waals surface area contributed by atoms with Crippen molar-refractivity contribution in [1.82, 2.24) is 10.2 Å². The molecule has 0 saturated carbocycles. The number of carbonyl (C=O) groups excluding carboxylic acids is 1. The molecule has 0 aliphatic heterocycles. The van der Waals surface area contributed by atoms with Crippen LogP contribution in [0.5, 0.6) is 0 Å². The zero-order chi connectivity index (χ0) is 15.0. The monoisotopic (exact) mass is 332 g/mol. The molecule has 1 rings (SSSR count). The number of aromatic nitrogens is 2. The number of carbonyl (C=O) groups is 1. The Bertz CT molecular complexity index is 449. The van der Waals surface area contributed by atoms with Crippen molar-refractivity contribution in [3.8, 4) is 0 Å². The second-order valence-corrected chi connectivity index (χ2v) is 7.80. The van der Waals surface area contributed by atoms with Gasteiger partial charge in [0.2, 0.25) is 0 Å². The Labute approximate surface area is 132 Å². The lowest BCUT2D eigenvalue weighted by Crippen LogP contribution is -2.20. The number of ether oxygens (including phenoxy) is 1. The van der Waals surface area contributed by atoms with Crippen molar-refractivity contribution in [3.63, 3.8) is 0 Å². The maximum absolute atomic E-state index is 11.5. The minimum Gasteiger partial charge on any atom is -0.458 e. The Morgan fingerprint density at radius 2 is 2.00 bits per heavy atom. The molecule has 0 fully saturated rings. The van der Waals surface area contributed by atoms with E-state index in [1.165, 1.54) is 0 Å². The van der Waals surface area contributed by atoms with Crippen molar-refractivity contribution in [2.45, 2.75) is 48.4 Å². The second kappa shape index (κ2) is 9.41. The van der Waals surface area contributed by atoms with Crippen molar-refractivity contribution in [2.75, 3.05) is 11.5 Å². The van der Waals surface area contributed by atoms with Crippen molar-refractivity contribution in [3.05, 3.63) is 12.2 Å². The molecular formula is C13H20N2O2S3. The summed E-state index contributed by atoms with van der Waals surface area (Å²) >= 11 is 4.91. The highest BCUT2D eigenvalue weighted by molar-refractivity contribution is 8.03. The molecule has 20 heavy (non-hydrogen) atoms. The summed E-state index contributed by atoms with van der Waals surface area (Å²) in [5.74, 6) is 1.43. The topological polar surface area (TPSA) is 52.1 Å². The van der Waals surface area contributed by atoms with Gasteiger partial charge in [-0.1, -0.05) is 55.3 Å². The van der Waals surface area contributed by atoms with E-state index in [1.54, 1.807) is 41.8 Å². The number of hydrogen-bond acceptors (Lipinski definition) is 7. The maximum atomic E-state index is 11.5. The SMILES string of the molecule is C=C(C)C(=O)OC(CC)CSc1nnc(SCCC)s1. The van der Waals surface area contributed by atoms with Gasteiger partial charge >= 0.3 is 5.97 Å². The molecule has 4 nitrogen and oxygen atoms in total. The molecule has 0 N–H and O–H groups in total. The Morgan fingerprint density at radius 3 is 2.55 bits per heavy atom. The van der Waals surface area contributed by atoms with Gasteiger partial charge in [0, 0.05) is 17.1 Å². The molecule has 0 spiro atoms. The van der Waals surface area contributed by atoms with Crippen LogP contribution in [0.15, 0.2) is 20.8 Å². The fraction of sp³-hybridized carbons (Fsp3) is 0.615. The van der Waals surface area contributed by atoms with E-state index in [4.69, 9.17) is 4.74 Å². The first-order chi connectivity index (χ1) is 9.56. The van der Waals surface area contributed by atoms with E-state index in [1.807, 2.05) is 6.92 Å². The van der Waals surface area contributed by atoms with Gasteiger partial charge in [0.15, 0.2) is 8.68 Å². The fourth-order valence-electron chi connectivity index (χ4n) is 1.15. The molecule has 0 aromatic carbocycles. The van der Waals surface area contributed by atoms with Gasteiger partial charge in [0.25, 0.3) is 0 Å². The zero-order valence-electron chi connectivity index (χ0n) is 12.0. The molecule has 0 radical (unpaired) electrons. The molecule has 1 heterocycles. The quantitative estimate of drug-likeness (QED) is 0.386.